The van der Waals surface area contributed by atoms with Gasteiger partial charge in [0.15, 0.2) is 0 Å². The molecule has 0 spiro atoms. The van der Waals surface area contributed by atoms with Crippen molar-refractivity contribution in [2.24, 2.45) is 0 Å². The second kappa shape index (κ2) is 8.18. The number of halogens is 1. The van der Waals surface area contributed by atoms with Crippen LogP contribution in [0.1, 0.15) is 18.4 Å². The summed E-state index contributed by atoms with van der Waals surface area (Å²) in [7, 11) is -3.90. The van der Waals surface area contributed by atoms with Gasteiger partial charge in [0, 0.05) is 23.7 Å². The normalized spacial score (nSPS) is 16.8. The molecule has 1 saturated heterocycles. The molecule has 1 atom stereocenters. The Kier molecular flexibility index (Phi) is 5.63. The molecule has 0 bridgehead atoms. The molecule has 6 nitrogen and oxygen atoms in total. The molecular weight excluding hydrogens is 412 g/mol. The number of benzene rings is 2. The Labute approximate surface area is 174 Å². The minimum absolute atomic E-state index is 0.0214. The first-order valence-electron chi connectivity index (χ1n) is 9.38. The standard InChI is InChI=1S/C21H21ClN2O4S/c1-14-5-2-3-7-18(14)19-24-21(20(28-19)23-13-16-6-4-12-27-16)29(25,26)17-10-8-15(22)9-11-17/h2-3,5,7-11,16,23H,4,6,12-13H2,1H3/t16-/m1/s1. The van der Waals surface area contributed by atoms with Gasteiger partial charge in [0.05, 0.1) is 11.0 Å². The number of hydrogen-bond donors (Lipinski definition) is 1. The van der Waals surface area contributed by atoms with Crippen molar-refractivity contribution in [2.45, 2.75) is 35.8 Å². The molecule has 4 rings (SSSR count). The summed E-state index contributed by atoms with van der Waals surface area (Å²) >= 11 is 5.91. The van der Waals surface area contributed by atoms with Crippen LogP contribution in [0.15, 0.2) is 62.9 Å². The van der Waals surface area contributed by atoms with Crippen molar-refractivity contribution < 1.29 is 17.6 Å². The maximum absolute atomic E-state index is 13.3. The molecule has 1 aliphatic heterocycles. The lowest BCUT2D eigenvalue weighted by Crippen LogP contribution is -2.19. The molecule has 2 aromatic carbocycles. The van der Waals surface area contributed by atoms with Crippen molar-refractivity contribution in [3.63, 3.8) is 0 Å². The Balaban J connectivity index is 1.75. The fourth-order valence-electron chi connectivity index (χ4n) is 3.27. The van der Waals surface area contributed by atoms with E-state index in [0.29, 0.717) is 18.2 Å². The van der Waals surface area contributed by atoms with Crippen LogP contribution >= 0.6 is 11.6 Å². The smallest absolute Gasteiger partial charge is 0.233 e. The maximum atomic E-state index is 13.3. The van der Waals surface area contributed by atoms with Gasteiger partial charge in [-0.3, -0.25) is 0 Å². The molecule has 1 aliphatic rings. The number of ether oxygens (including phenoxy) is 1. The molecule has 152 valence electrons. The monoisotopic (exact) mass is 432 g/mol. The molecule has 1 fully saturated rings. The molecule has 0 radical (unpaired) electrons. The number of rotatable bonds is 6. The summed E-state index contributed by atoms with van der Waals surface area (Å²) in [6, 6.07) is 13.5. The first kappa shape index (κ1) is 19.9. The molecule has 0 aliphatic carbocycles. The van der Waals surface area contributed by atoms with Crippen LogP contribution in [-0.4, -0.2) is 32.7 Å². The van der Waals surface area contributed by atoms with E-state index in [9.17, 15) is 8.42 Å². The molecule has 1 aromatic heterocycles. The number of aryl methyl sites for hydroxylation is 1. The van der Waals surface area contributed by atoms with Crippen LogP contribution < -0.4 is 5.32 Å². The van der Waals surface area contributed by atoms with E-state index in [4.69, 9.17) is 20.8 Å². The first-order valence-corrected chi connectivity index (χ1v) is 11.2. The van der Waals surface area contributed by atoms with Crippen molar-refractivity contribution in [3.8, 4) is 11.5 Å². The zero-order valence-corrected chi connectivity index (χ0v) is 17.5. The predicted molar refractivity (Wildman–Crippen MR) is 111 cm³/mol. The summed E-state index contributed by atoms with van der Waals surface area (Å²) in [5.74, 6) is 0.374. The SMILES string of the molecule is Cc1ccccc1-c1nc(S(=O)(=O)c2ccc(Cl)cc2)c(NC[C@H]2CCCO2)o1. The highest BCUT2D eigenvalue weighted by molar-refractivity contribution is 7.91. The van der Waals surface area contributed by atoms with Crippen LogP contribution in [0.4, 0.5) is 5.88 Å². The maximum Gasteiger partial charge on any atom is 0.233 e. The van der Waals surface area contributed by atoms with Gasteiger partial charge in [0.25, 0.3) is 0 Å². The Hall–Kier alpha value is -2.35. The van der Waals surface area contributed by atoms with E-state index in [-0.39, 0.29) is 27.8 Å². The van der Waals surface area contributed by atoms with E-state index < -0.39 is 9.84 Å². The van der Waals surface area contributed by atoms with Gasteiger partial charge in [-0.25, -0.2) is 8.42 Å². The van der Waals surface area contributed by atoms with Crippen molar-refractivity contribution in [3.05, 3.63) is 59.1 Å². The van der Waals surface area contributed by atoms with E-state index in [2.05, 4.69) is 10.3 Å². The van der Waals surface area contributed by atoms with Gasteiger partial charge in [-0.05, 0) is 55.7 Å². The molecule has 0 unspecified atom stereocenters. The number of nitrogens with zero attached hydrogens (tertiary/aromatic N) is 1. The van der Waals surface area contributed by atoms with Gasteiger partial charge >= 0.3 is 0 Å². The molecule has 1 N–H and O–H groups in total. The number of hydrogen-bond acceptors (Lipinski definition) is 6. The van der Waals surface area contributed by atoms with E-state index in [1.54, 1.807) is 0 Å². The van der Waals surface area contributed by atoms with E-state index in [1.165, 1.54) is 24.3 Å². The molecular formula is C21H21ClN2O4S. The van der Waals surface area contributed by atoms with Crippen LogP contribution in [-0.2, 0) is 14.6 Å². The van der Waals surface area contributed by atoms with Gasteiger partial charge in [0.2, 0.25) is 26.6 Å². The van der Waals surface area contributed by atoms with Gasteiger partial charge in [0.1, 0.15) is 0 Å². The Morgan fingerprint density at radius 3 is 2.62 bits per heavy atom. The Morgan fingerprint density at radius 2 is 1.93 bits per heavy atom. The topological polar surface area (TPSA) is 81.4 Å². The highest BCUT2D eigenvalue weighted by Gasteiger charge is 2.29. The van der Waals surface area contributed by atoms with Gasteiger partial charge < -0.3 is 14.5 Å². The minimum Gasteiger partial charge on any atom is -0.419 e. The second-order valence-corrected chi connectivity index (χ2v) is 9.24. The van der Waals surface area contributed by atoms with Crippen molar-refractivity contribution >= 4 is 27.3 Å². The summed E-state index contributed by atoms with van der Waals surface area (Å²) in [6.45, 7) is 3.09. The average molecular weight is 433 g/mol. The third-order valence-corrected chi connectivity index (χ3v) is 6.79. The second-order valence-electron chi connectivity index (χ2n) is 6.94. The summed E-state index contributed by atoms with van der Waals surface area (Å²) < 4.78 is 38.0. The van der Waals surface area contributed by atoms with Crippen LogP contribution in [0.25, 0.3) is 11.5 Å². The number of oxazole rings is 1. The molecule has 0 amide bonds. The largest absolute Gasteiger partial charge is 0.419 e. The minimum atomic E-state index is -3.90. The summed E-state index contributed by atoms with van der Waals surface area (Å²) in [5.41, 5.74) is 1.68. The van der Waals surface area contributed by atoms with Gasteiger partial charge in [-0.2, -0.15) is 4.98 Å². The molecule has 0 saturated carbocycles. The molecule has 2 heterocycles. The Bertz CT molecular complexity index is 1100. The van der Waals surface area contributed by atoms with E-state index in [1.807, 2.05) is 31.2 Å². The van der Waals surface area contributed by atoms with E-state index >= 15 is 0 Å². The zero-order valence-electron chi connectivity index (χ0n) is 15.9. The van der Waals surface area contributed by atoms with Crippen LogP contribution in [0.2, 0.25) is 5.02 Å². The Morgan fingerprint density at radius 1 is 1.17 bits per heavy atom. The van der Waals surface area contributed by atoms with Gasteiger partial charge in [-0.15, -0.1) is 0 Å². The third kappa shape index (κ3) is 4.17. The van der Waals surface area contributed by atoms with Crippen molar-refractivity contribution in [1.82, 2.24) is 4.98 Å². The highest BCUT2D eigenvalue weighted by atomic mass is 35.5. The summed E-state index contributed by atoms with van der Waals surface area (Å²) in [5, 5.41) is 3.41. The summed E-state index contributed by atoms with van der Waals surface area (Å²) in [4.78, 5) is 4.47. The van der Waals surface area contributed by atoms with Crippen molar-refractivity contribution in [1.29, 1.82) is 0 Å². The third-order valence-electron chi connectivity index (χ3n) is 4.86. The number of anilines is 1. The quantitative estimate of drug-likeness (QED) is 0.606. The number of aromatic nitrogens is 1. The highest BCUT2D eigenvalue weighted by Crippen LogP contribution is 2.34. The van der Waals surface area contributed by atoms with Crippen LogP contribution in [0.3, 0.4) is 0 Å². The van der Waals surface area contributed by atoms with Gasteiger partial charge in [-0.1, -0.05) is 29.8 Å². The lowest BCUT2D eigenvalue weighted by Gasteiger charge is -2.10. The number of sulfone groups is 1. The zero-order chi connectivity index (χ0) is 20.4. The van der Waals surface area contributed by atoms with Crippen LogP contribution in [0, 0.1) is 6.92 Å². The fraction of sp³-hybridized carbons (Fsp3) is 0.286. The predicted octanol–water partition coefficient (Wildman–Crippen LogP) is 4.73. The first-order chi connectivity index (χ1) is 13.9. The van der Waals surface area contributed by atoms with E-state index in [0.717, 1.165) is 24.0 Å². The van der Waals surface area contributed by atoms with Crippen molar-refractivity contribution in [2.75, 3.05) is 18.5 Å². The molecule has 8 heteroatoms. The van der Waals surface area contributed by atoms with Crippen LogP contribution in [0.5, 0.6) is 0 Å². The lowest BCUT2D eigenvalue weighted by atomic mass is 10.1. The summed E-state index contributed by atoms with van der Waals surface area (Å²) in [6.07, 6.45) is 1.94. The lowest BCUT2D eigenvalue weighted by molar-refractivity contribution is 0.120. The number of nitrogens with one attached hydrogen (secondary N) is 1. The molecule has 3 aromatic rings. The molecule has 29 heavy (non-hydrogen) atoms. The average Bonchev–Trinajstić information content (AvgIpc) is 3.37. The fourth-order valence-corrected chi connectivity index (χ4v) is 4.67.